The van der Waals surface area contributed by atoms with Crippen LogP contribution in [0.1, 0.15) is 12.8 Å². The van der Waals surface area contributed by atoms with Gasteiger partial charge >= 0.3 is 0 Å². The molecule has 0 aliphatic carbocycles. The maximum Gasteiger partial charge on any atom is 0.268 e. The second kappa shape index (κ2) is 4.84. The van der Waals surface area contributed by atoms with E-state index >= 15 is 0 Å². The Morgan fingerprint density at radius 1 is 1.14 bits per heavy atom. The molecule has 0 bridgehead atoms. The highest BCUT2D eigenvalue weighted by Crippen LogP contribution is 2.32. The van der Waals surface area contributed by atoms with Gasteiger partial charge in [-0.2, -0.15) is 0 Å². The minimum absolute atomic E-state index is 0.467. The first kappa shape index (κ1) is 11.6. The van der Waals surface area contributed by atoms with Crippen LogP contribution in [0.15, 0.2) is 25.3 Å². The largest absolute Gasteiger partial charge is 0.410 e. The second-order valence-corrected chi connectivity index (χ2v) is 7.34. The summed E-state index contributed by atoms with van der Waals surface area (Å²) in [6.45, 7) is 7.22. The van der Waals surface area contributed by atoms with Crippen molar-refractivity contribution in [3.63, 3.8) is 0 Å². The van der Waals surface area contributed by atoms with Gasteiger partial charge in [0, 0.05) is 6.61 Å². The number of halogens is 2. The molecule has 0 aromatic carbocycles. The maximum absolute atomic E-state index is 13.6. The van der Waals surface area contributed by atoms with E-state index in [4.69, 9.17) is 4.43 Å². The zero-order valence-electron chi connectivity index (χ0n) is 8.22. The zero-order valence-corrected chi connectivity index (χ0v) is 9.22. The number of rotatable bonds is 4. The molecule has 4 heteroatoms. The van der Waals surface area contributed by atoms with Crippen LogP contribution in [0.25, 0.3) is 0 Å². The molecule has 1 heterocycles. The third kappa shape index (κ3) is 1.96. The molecule has 1 fully saturated rings. The van der Waals surface area contributed by atoms with Gasteiger partial charge in [-0.05, 0) is 12.5 Å². The summed E-state index contributed by atoms with van der Waals surface area (Å²) in [5.74, 6) is -2.67. The van der Waals surface area contributed by atoms with Crippen LogP contribution in [0, 0.1) is 0 Å². The van der Waals surface area contributed by atoms with Crippen LogP contribution >= 0.6 is 0 Å². The zero-order chi connectivity index (χ0) is 10.6. The first-order chi connectivity index (χ1) is 6.67. The Balaban J connectivity index is 2.86. The first-order valence-electron chi connectivity index (χ1n) is 4.84. The van der Waals surface area contributed by atoms with E-state index in [0.717, 1.165) is 25.0 Å². The van der Waals surface area contributed by atoms with Gasteiger partial charge in [-0.25, -0.2) is 8.78 Å². The predicted octanol–water partition coefficient (Wildman–Crippen LogP) is 2.87. The van der Waals surface area contributed by atoms with E-state index in [-0.39, 0.29) is 0 Å². The van der Waals surface area contributed by atoms with E-state index < -0.39 is 19.9 Å². The Labute approximate surface area is 84.6 Å². The Morgan fingerprint density at radius 2 is 1.71 bits per heavy atom. The summed E-state index contributed by atoms with van der Waals surface area (Å²) < 4.78 is 32.7. The van der Waals surface area contributed by atoms with Crippen molar-refractivity contribution in [1.82, 2.24) is 0 Å². The average Bonchev–Trinajstić information content (AvgIpc) is 2.27. The van der Waals surface area contributed by atoms with Gasteiger partial charge in [0.15, 0.2) is 0 Å². The molecule has 1 rings (SSSR count). The molecule has 1 nitrogen and oxygen atoms in total. The summed E-state index contributed by atoms with van der Waals surface area (Å²) in [7, 11) is -2.96. The van der Waals surface area contributed by atoms with Crippen molar-refractivity contribution in [3.8, 4) is 0 Å². The molecule has 0 amide bonds. The molecular formula is C10H16F2OSi. The lowest BCUT2D eigenvalue weighted by Gasteiger charge is -2.37. The highest BCUT2D eigenvalue weighted by Gasteiger charge is 2.50. The van der Waals surface area contributed by atoms with E-state index in [1.54, 1.807) is 0 Å². The van der Waals surface area contributed by atoms with Crippen molar-refractivity contribution in [2.24, 2.45) is 0 Å². The third-order valence-corrected chi connectivity index (χ3v) is 6.90. The number of alkyl halides is 2. The van der Waals surface area contributed by atoms with Gasteiger partial charge in [-0.15, -0.1) is 13.2 Å². The van der Waals surface area contributed by atoms with E-state index in [0.29, 0.717) is 12.7 Å². The standard InChI is InChI=1S/C10H16F2OSi/c1-3-9(11)14(10(12)4-2)8-6-5-7-13-14/h3-4,9-10H,1-2,5-8H2. The van der Waals surface area contributed by atoms with Gasteiger partial charge in [0.05, 0.1) is 0 Å². The van der Waals surface area contributed by atoms with Crippen LogP contribution in [-0.4, -0.2) is 26.5 Å². The summed E-state index contributed by atoms with van der Waals surface area (Å²) in [5, 5.41) is 0. The fourth-order valence-electron chi connectivity index (χ4n) is 1.82. The summed E-state index contributed by atoms with van der Waals surface area (Å²) in [5.41, 5.74) is 0. The Bertz CT molecular complexity index is 198. The van der Waals surface area contributed by atoms with Crippen LogP contribution in [-0.2, 0) is 4.43 Å². The van der Waals surface area contributed by atoms with Crippen molar-refractivity contribution >= 4 is 8.32 Å². The molecule has 0 saturated carbocycles. The topological polar surface area (TPSA) is 9.23 Å². The normalized spacial score (nSPS) is 31.9. The van der Waals surface area contributed by atoms with E-state index in [2.05, 4.69) is 13.2 Å². The van der Waals surface area contributed by atoms with E-state index in [1.807, 2.05) is 0 Å². The van der Waals surface area contributed by atoms with Gasteiger partial charge < -0.3 is 4.43 Å². The molecule has 2 atom stereocenters. The fraction of sp³-hybridized carbons (Fsp3) is 0.600. The van der Waals surface area contributed by atoms with E-state index in [9.17, 15) is 8.78 Å². The van der Waals surface area contributed by atoms with Crippen molar-refractivity contribution in [2.75, 3.05) is 6.61 Å². The molecule has 0 N–H and O–H groups in total. The average molecular weight is 218 g/mol. The molecule has 0 aromatic heterocycles. The van der Waals surface area contributed by atoms with Gasteiger partial charge in [-0.1, -0.05) is 18.6 Å². The lowest BCUT2D eigenvalue weighted by atomic mass is 10.4. The third-order valence-electron chi connectivity index (χ3n) is 2.68. The van der Waals surface area contributed by atoms with Gasteiger partial charge in [0.25, 0.3) is 8.32 Å². The first-order valence-corrected chi connectivity index (χ1v) is 7.11. The summed E-state index contributed by atoms with van der Waals surface area (Å²) in [6, 6.07) is 0.521. The van der Waals surface area contributed by atoms with Crippen molar-refractivity contribution in [1.29, 1.82) is 0 Å². The Morgan fingerprint density at radius 3 is 2.07 bits per heavy atom. The molecule has 1 aliphatic rings. The number of hydrogen-bond donors (Lipinski definition) is 0. The van der Waals surface area contributed by atoms with E-state index in [1.165, 1.54) is 0 Å². The lowest BCUT2D eigenvalue weighted by molar-refractivity contribution is 0.218. The smallest absolute Gasteiger partial charge is 0.268 e. The molecular weight excluding hydrogens is 202 g/mol. The van der Waals surface area contributed by atoms with Crippen LogP contribution in [0.3, 0.4) is 0 Å². The Hall–Kier alpha value is -0.483. The predicted molar refractivity (Wildman–Crippen MR) is 55.9 cm³/mol. The lowest BCUT2D eigenvalue weighted by Crippen LogP contribution is -2.57. The number of allylic oxidation sites excluding steroid dienone is 2. The van der Waals surface area contributed by atoms with Gasteiger partial charge in [-0.3, -0.25) is 0 Å². The minimum Gasteiger partial charge on any atom is -0.410 e. The number of hydrogen-bond acceptors (Lipinski definition) is 1. The summed E-state index contributed by atoms with van der Waals surface area (Å²) >= 11 is 0. The molecule has 0 radical (unpaired) electrons. The SMILES string of the molecule is C=CC(F)[Si]1(C(F)C=C)CCCCO1. The molecule has 14 heavy (non-hydrogen) atoms. The van der Waals surface area contributed by atoms with Crippen LogP contribution in [0.5, 0.6) is 0 Å². The molecule has 1 aliphatic heterocycles. The van der Waals surface area contributed by atoms with Crippen LogP contribution in [0.2, 0.25) is 6.04 Å². The Kier molecular flexibility index (Phi) is 4.01. The monoisotopic (exact) mass is 218 g/mol. The minimum atomic E-state index is -2.96. The highest BCUT2D eigenvalue weighted by molar-refractivity contribution is 6.77. The molecule has 1 saturated heterocycles. The van der Waals surface area contributed by atoms with Gasteiger partial charge in [0.2, 0.25) is 0 Å². The molecule has 0 spiro atoms. The maximum atomic E-state index is 13.6. The van der Waals surface area contributed by atoms with Crippen LogP contribution in [0.4, 0.5) is 8.78 Å². The van der Waals surface area contributed by atoms with Crippen molar-refractivity contribution < 1.29 is 13.2 Å². The molecule has 2 unspecified atom stereocenters. The van der Waals surface area contributed by atoms with Crippen molar-refractivity contribution in [3.05, 3.63) is 25.3 Å². The fourth-order valence-corrected chi connectivity index (χ4v) is 5.27. The highest BCUT2D eigenvalue weighted by atomic mass is 28.4. The summed E-state index contributed by atoms with van der Waals surface area (Å²) in [4.78, 5) is 0. The van der Waals surface area contributed by atoms with Crippen LogP contribution < -0.4 is 0 Å². The van der Waals surface area contributed by atoms with Crippen molar-refractivity contribution in [2.45, 2.75) is 30.5 Å². The van der Waals surface area contributed by atoms with Gasteiger partial charge in [0.1, 0.15) is 11.6 Å². The summed E-state index contributed by atoms with van der Waals surface area (Å²) in [6.07, 6.45) is 4.05. The molecule has 80 valence electrons. The second-order valence-electron chi connectivity index (χ2n) is 3.54. The quantitative estimate of drug-likeness (QED) is 0.521. The molecule has 0 aromatic rings.